The molecular formula is C55H62N8O6S2. The highest BCUT2D eigenvalue weighted by atomic mass is 32.2. The number of carbonyl (C=O) groups excluding carboxylic acids is 4. The number of methoxy groups -OCH3 is 2. The molecule has 6 aliphatic rings. The summed E-state index contributed by atoms with van der Waals surface area (Å²) in [5.74, 6) is 2.66. The summed E-state index contributed by atoms with van der Waals surface area (Å²) < 4.78 is 9.72. The lowest BCUT2D eigenvalue weighted by Gasteiger charge is -2.28. The Labute approximate surface area is 423 Å². The first-order chi connectivity index (χ1) is 34.3. The number of hydrogen-bond acceptors (Lipinski definition) is 10. The molecule has 2 aliphatic heterocycles. The SMILES string of the molecule is COC(=O)N[C@@H](CCSC)C(=O)N1CC(C)=C[C@H]1c1nc2cc(-c3cc4ccc3CCc3ccc(c(-c5ccc6[nH]c([C@@H]7C=C(C)CN7C(=O)[C@H](CCSC)NC(=O)OC)nc6c5)c3)C[C@H]4C)ccc2[nH]1. The summed E-state index contributed by atoms with van der Waals surface area (Å²) in [5, 5.41) is 5.51. The quantitative estimate of drug-likeness (QED) is 0.0770. The van der Waals surface area contributed by atoms with Crippen LogP contribution in [0.15, 0.2) is 96.1 Å². The van der Waals surface area contributed by atoms with Crippen molar-refractivity contribution in [1.82, 2.24) is 40.4 Å². The van der Waals surface area contributed by atoms with Crippen molar-refractivity contribution in [3.8, 4) is 22.3 Å². The molecule has 0 saturated heterocycles. The lowest BCUT2D eigenvalue weighted by atomic mass is 9.84. The van der Waals surface area contributed by atoms with Gasteiger partial charge in [0.2, 0.25) is 11.8 Å². The van der Waals surface area contributed by atoms with E-state index in [0.717, 1.165) is 63.6 Å². The van der Waals surface area contributed by atoms with E-state index < -0.39 is 36.4 Å². The smallest absolute Gasteiger partial charge is 0.407 e. The maximum Gasteiger partial charge on any atom is 0.407 e. The van der Waals surface area contributed by atoms with Crippen molar-refractivity contribution in [3.05, 3.63) is 130 Å². The van der Waals surface area contributed by atoms with Crippen LogP contribution in [0, 0.1) is 0 Å². The molecule has 2 aromatic heterocycles. The predicted octanol–water partition coefficient (Wildman–Crippen LogP) is 9.83. The van der Waals surface area contributed by atoms with Crippen molar-refractivity contribution in [2.75, 3.05) is 51.3 Å². The highest BCUT2D eigenvalue weighted by molar-refractivity contribution is 7.98. The van der Waals surface area contributed by atoms with Crippen molar-refractivity contribution in [2.24, 2.45) is 0 Å². The fourth-order valence-electron chi connectivity index (χ4n) is 10.2. The molecule has 4 aromatic carbocycles. The van der Waals surface area contributed by atoms with Crippen molar-refractivity contribution in [1.29, 1.82) is 0 Å². The summed E-state index contributed by atoms with van der Waals surface area (Å²) in [4.78, 5) is 73.3. The molecule has 16 heteroatoms. The highest BCUT2D eigenvalue weighted by Crippen LogP contribution is 2.38. The molecule has 4 N–H and O–H groups in total. The molecule has 14 nitrogen and oxygen atoms in total. The molecule has 0 radical (unpaired) electrons. The molecule has 0 saturated carbocycles. The number of alkyl carbamates (subject to hydrolysis) is 2. The molecule has 4 bridgehead atoms. The van der Waals surface area contributed by atoms with Crippen LogP contribution in [0.1, 0.15) is 85.5 Å². The lowest BCUT2D eigenvalue weighted by Crippen LogP contribution is -2.49. The minimum atomic E-state index is -0.712. The van der Waals surface area contributed by atoms with E-state index in [-0.39, 0.29) is 17.7 Å². The zero-order chi connectivity index (χ0) is 49.9. The summed E-state index contributed by atoms with van der Waals surface area (Å²) in [5.41, 5.74) is 15.1. The van der Waals surface area contributed by atoms with Crippen LogP contribution in [0.4, 0.5) is 9.59 Å². The second kappa shape index (κ2) is 21.5. The summed E-state index contributed by atoms with van der Waals surface area (Å²) in [6, 6.07) is 24.4. The maximum absolute atomic E-state index is 14.0. The Balaban J connectivity index is 0.962. The normalized spacial score (nSPS) is 18.5. The number of fused-ring (bicyclic) bond motifs is 2. The Kier molecular flexibility index (Phi) is 14.9. The Morgan fingerprint density at radius 3 is 1.69 bits per heavy atom. The fraction of sp³-hybridized carbons (Fsp3) is 0.382. The molecule has 71 heavy (non-hydrogen) atoms. The zero-order valence-corrected chi connectivity index (χ0v) is 43.0. The first-order valence-electron chi connectivity index (χ1n) is 24.2. The molecule has 0 fully saturated rings. The monoisotopic (exact) mass is 994 g/mol. The fourth-order valence-corrected chi connectivity index (χ4v) is 11.2. The molecule has 5 atom stereocenters. The largest absolute Gasteiger partial charge is 0.453 e. The van der Waals surface area contributed by atoms with E-state index in [4.69, 9.17) is 19.4 Å². The Bertz CT molecular complexity index is 3070. The summed E-state index contributed by atoms with van der Waals surface area (Å²) in [6.07, 6.45) is 10.3. The number of rotatable bonds is 14. The van der Waals surface area contributed by atoms with E-state index in [0.29, 0.717) is 49.1 Å². The van der Waals surface area contributed by atoms with Gasteiger partial charge in [0.1, 0.15) is 35.8 Å². The van der Waals surface area contributed by atoms with Gasteiger partial charge in [-0.25, -0.2) is 19.6 Å². The van der Waals surface area contributed by atoms with E-state index in [1.807, 2.05) is 26.4 Å². The molecule has 6 aromatic rings. The van der Waals surface area contributed by atoms with Crippen molar-refractivity contribution in [2.45, 2.75) is 83.0 Å². The highest BCUT2D eigenvalue weighted by Gasteiger charge is 2.37. The minimum Gasteiger partial charge on any atom is -0.453 e. The van der Waals surface area contributed by atoms with E-state index >= 15 is 0 Å². The maximum atomic E-state index is 14.0. The second-order valence-electron chi connectivity index (χ2n) is 19.0. The number of nitrogens with one attached hydrogen (secondary N) is 4. The van der Waals surface area contributed by atoms with Gasteiger partial charge in [-0.2, -0.15) is 23.5 Å². The Hall–Kier alpha value is -6.52. The third-order valence-electron chi connectivity index (χ3n) is 14.0. The number of imidazole rings is 2. The van der Waals surface area contributed by atoms with Crippen LogP contribution < -0.4 is 10.6 Å². The third-order valence-corrected chi connectivity index (χ3v) is 15.3. The zero-order valence-electron chi connectivity index (χ0n) is 41.4. The average Bonchev–Trinajstić information content (AvgIpc) is 4.19. The van der Waals surface area contributed by atoms with Crippen LogP contribution in [-0.2, 0) is 38.3 Å². The second-order valence-corrected chi connectivity index (χ2v) is 21.0. The number of nitrogens with zero attached hydrogens (tertiary/aromatic N) is 4. The van der Waals surface area contributed by atoms with Crippen molar-refractivity contribution in [3.63, 3.8) is 0 Å². The van der Waals surface area contributed by atoms with Gasteiger partial charge in [-0.1, -0.05) is 78.8 Å². The number of H-pyrrole nitrogens is 2. The van der Waals surface area contributed by atoms with Gasteiger partial charge in [0.05, 0.1) is 36.3 Å². The van der Waals surface area contributed by atoms with Crippen LogP contribution in [0.3, 0.4) is 0 Å². The first kappa shape index (κ1) is 49.5. The number of thioether (sulfide) groups is 2. The molecule has 0 unspecified atom stereocenters. The molecule has 4 heterocycles. The Morgan fingerprint density at radius 1 is 0.676 bits per heavy atom. The summed E-state index contributed by atoms with van der Waals surface area (Å²) in [6.45, 7) is 7.22. The molecular weight excluding hydrogens is 933 g/mol. The van der Waals surface area contributed by atoms with Gasteiger partial charge < -0.3 is 39.9 Å². The van der Waals surface area contributed by atoms with Gasteiger partial charge in [0.25, 0.3) is 0 Å². The van der Waals surface area contributed by atoms with Crippen LogP contribution in [0.25, 0.3) is 44.3 Å². The van der Waals surface area contributed by atoms with Crippen molar-refractivity contribution < 1.29 is 28.7 Å². The molecule has 0 spiro atoms. The minimum absolute atomic E-state index is 0.166. The topological polar surface area (TPSA) is 175 Å². The molecule has 370 valence electrons. The van der Waals surface area contributed by atoms with Gasteiger partial charge >= 0.3 is 12.2 Å². The number of ether oxygens (including phenoxy) is 2. The molecule has 12 rings (SSSR count). The Morgan fingerprint density at radius 2 is 1.18 bits per heavy atom. The first-order valence-corrected chi connectivity index (χ1v) is 27.0. The predicted molar refractivity (Wildman–Crippen MR) is 284 cm³/mol. The third kappa shape index (κ3) is 10.6. The van der Waals surface area contributed by atoms with Crippen LogP contribution >= 0.6 is 23.5 Å². The summed E-state index contributed by atoms with van der Waals surface area (Å²) >= 11 is 3.25. The van der Waals surface area contributed by atoms with E-state index in [9.17, 15) is 19.2 Å². The number of aromatic nitrogens is 4. The van der Waals surface area contributed by atoms with Gasteiger partial charge in [-0.15, -0.1) is 0 Å². The number of carbonyl (C=O) groups is 4. The van der Waals surface area contributed by atoms with E-state index in [2.05, 4.69) is 112 Å². The van der Waals surface area contributed by atoms with Crippen LogP contribution in [0.5, 0.6) is 0 Å². The summed E-state index contributed by atoms with van der Waals surface area (Å²) in [7, 11) is 2.61. The van der Waals surface area contributed by atoms with Gasteiger partial charge in [0, 0.05) is 13.1 Å². The van der Waals surface area contributed by atoms with E-state index in [1.165, 1.54) is 47.6 Å². The number of benzene rings is 4. The van der Waals surface area contributed by atoms with Gasteiger partial charge in [-0.05, 0) is 145 Å². The molecule has 4 amide bonds. The van der Waals surface area contributed by atoms with Gasteiger partial charge in [-0.3, -0.25) is 9.59 Å². The van der Waals surface area contributed by atoms with Gasteiger partial charge in [0.15, 0.2) is 0 Å². The number of hydrogen-bond donors (Lipinski definition) is 4. The average molecular weight is 995 g/mol. The lowest BCUT2D eigenvalue weighted by molar-refractivity contribution is -0.134. The van der Waals surface area contributed by atoms with E-state index in [1.54, 1.807) is 33.3 Å². The number of aromatic amines is 2. The van der Waals surface area contributed by atoms with Crippen LogP contribution in [0.2, 0.25) is 0 Å². The number of aryl methyl sites for hydroxylation is 2. The van der Waals surface area contributed by atoms with Crippen molar-refractivity contribution >= 4 is 69.6 Å². The standard InChI is InChI=1S/C55H62N8O6S2/c1-31-22-48(62(29-31)52(64)44(18-20-70-6)60-54(66)68-4)50-56-42-16-14-38(27-46(42)58-50)40-25-34-8-10-35-12-13-36(33(3)24-37(40)11-9-34)26-41(35)39-15-17-43-47(28-39)59-51(57-43)49-23-32(2)30-63(49)53(65)45(19-21-71-7)61-55(67)69-5/h9,11-17,22-23,25-28,33,44-45,48-49H,8,10,18-21,24,29-30H2,1-7H3,(H,56,58)(H,57,59)(H,60,66)(H,61,67)/t33-,44+,45+,48+,49+/m1/s1. The number of amides is 4. The molecule has 4 aliphatic carbocycles. The van der Waals surface area contributed by atoms with Crippen LogP contribution in [-0.4, -0.2) is 117 Å².